The average Bonchev–Trinajstić information content (AvgIpc) is 2.30. The first kappa shape index (κ1) is 13.8. The Bertz CT molecular complexity index is 317. The molecule has 0 aromatic rings. The fraction of sp³-hybridized carbons (Fsp3) is 0.929. The Morgan fingerprint density at radius 2 is 2.17 bits per heavy atom. The Morgan fingerprint density at radius 3 is 2.83 bits per heavy atom. The highest BCUT2D eigenvalue weighted by Crippen LogP contribution is 2.32. The summed E-state index contributed by atoms with van der Waals surface area (Å²) in [5, 5.41) is 10.1. The van der Waals surface area contributed by atoms with Gasteiger partial charge in [-0.15, -0.1) is 0 Å². The van der Waals surface area contributed by atoms with Crippen LogP contribution in [0.4, 0.5) is 0 Å². The molecule has 1 heterocycles. The zero-order valence-corrected chi connectivity index (χ0v) is 11.6. The number of aliphatic hydroxyl groups is 1. The Kier molecular flexibility index (Phi) is 3.97. The normalized spacial score (nSPS) is 41.8. The minimum atomic E-state index is -0.714. The van der Waals surface area contributed by atoms with E-state index in [2.05, 4.69) is 6.92 Å². The van der Waals surface area contributed by atoms with Crippen LogP contribution in [-0.2, 0) is 4.79 Å². The second-order valence-corrected chi connectivity index (χ2v) is 6.52. The van der Waals surface area contributed by atoms with Gasteiger partial charge in [-0.3, -0.25) is 4.79 Å². The molecule has 1 aliphatic carbocycles. The molecule has 3 N–H and O–H groups in total. The van der Waals surface area contributed by atoms with Crippen LogP contribution in [0.1, 0.15) is 46.0 Å². The Balaban J connectivity index is 2.01. The fourth-order valence-corrected chi connectivity index (χ4v) is 3.34. The van der Waals surface area contributed by atoms with E-state index < -0.39 is 5.60 Å². The van der Waals surface area contributed by atoms with E-state index in [1.54, 1.807) is 0 Å². The summed E-state index contributed by atoms with van der Waals surface area (Å²) in [6, 6.07) is 0.167. The van der Waals surface area contributed by atoms with Crippen molar-refractivity contribution in [3.63, 3.8) is 0 Å². The Hall–Kier alpha value is -0.610. The van der Waals surface area contributed by atoms with E-state index in [4.69, 9.17) is 5.73 Å². The summed E-state index contributed by atoms with van der Waals surface area (Å²) >= 11 is 0. The van der Waals surface area contributed by atoms with Crippen LogP contribution in [0.25, 0.3) is 0 Å². The lowest BCUT2D eigenvalue weighted by Crippen LogP contribution is -2.52. The van der Waals surface area contributed by atoms with Crippen LogP contribution in [0.5, 0.6) is 0 Å². The lowest BCUT2D eigenvalue weighted by Gasteiger charge is -2.41. The summed E-state index contributed by atoms with van der Waals surface area (Å²) in [7, 11) is 0. The van der Waals surface area contributed by atoms with E-state index in [1.807, 2.05) is 11.8 Å². The molecule has 0 bridgehead atoms. The van der Waals surface area contributed by atoms with Crippen LogP contribution in [0.2, 0.25) is 0 Å². The van der Waals surface area contributed by atoms with Crippen LogP contribution in [0, 0.1) is 11.8 Å². The number of rotatable bonds is 1. The van der Waals surface area contributed by atoms with E-state index in [0.717, 1.165) is 38.6 Å². The van der Waals surface area contributed by atoms with E-state index in [-0.39, 0.29) is 17.9 Å². The second kappa shape index (κ2) is 5.17. The summed E-state index contributed by atoms with van der Waals surface area (Å²) in [6.07, 6.45) is 4.56. The Labute approximate surface area is 110 Å². The molecule has 0 spiro atoms. The predicted molar refractivity (Wildman–Crippen MR) is 70.9 cm³/mol. The third-order valence-electron chi connectivity index (χ3n) is 4.54. The number of hydrogen-bond acceptors (Lipinski definition) is 3. The van der Waals surface area contributed by atoms with Crippen LogP contribution >= 0.6 is 0 Å². The van der Waals surface area contributed by atoms with Crippen molar-refractivity contribution in [1.29, 1.82) is 0 Å². The monoisotopic (exact) mass is 254 g/mol. The van der Waals surface area contributed by atoms with Gasteiger partial charge in [-0.2, -0.15) is 0 Å². The molecular formula is C14H26N2O2. The number of nitrogens with zero attached hydrogens (tertiary/aromatic N) is 1. The zero-order valence-electron chi connectivity index (χ0n) is 11.6. The maximum atomic E-state index is 12.6. The molecule has 0 radical (unpaired) electrons. The van der Waals surface area contributed by atoms with Gasteiger partial charge in [-0.05, 0) is 44.9 Å². The van der Waals surface area contributed by atoms with Crippen molar-refractivity contribution in [2.45, 2.75) is 57.6 Å². The van der Waals surface area contributed by atoms with Crippen molar-refractivity contribution in [3.8, 4) is 0 Å². The van der Waals surface area contributed by atoms with Gasteiger partial charge in [0, 0.05) is 25.0 Å². The van der Waals surface area contributed by atoms with Gasteiger partial charge in [0.15, 0.2) is 0 Å². The van der Waals surface area contributed by atoms with E-state index in [9.17, 15) is 9.90 Å². The lowest BCUT2D eigenvalue weighted by molar-refractivity contribution is -0.144. The van der Waals surface area contributed by atoms with Gasteiger partial charge in [-0.25, -0.2) is 0 Å². The van der Waals surface area contributed by atoms with Crippen LogP contribution in [-0.4, -0.2) is 40.6 Å². The molecule has 104 valence electrons. The third kappa shape index (κ3) is 3.04. The smallest absolute Gasteiger partial charge is 0.226 e. The van der Waals surface area contributed by atoms with Crippen LogP contribution in [0.3, 0.4) is 0 Å². The number of carbonyl (C=O) groups excluding carboxylic acids is 1. The van der Waals surface area contributed by atoms with Gasteiger partial charge in [-0.1, -0.05) is 6.92 Å². The molecule has 4 nitrogen and oxygen atoms in total. The maximum Gasteiger partial charge on any atom is 0.226 e. The van der Waals surface area contributed by atoms with E-state index >= 15 is 0 Å². The van der Waals surface area contributed by atoms with E-state index in [1.165, 1.54) is 0 Å². The molecule has 1 aliphatic heterocycles. The van der Waals surface area contributed by atoms with Gasteiger partial charge < -0.3 is 15.7 Å². The molecule has 1 saturated carbocycles. The molecule has 1 saturated heterocycles. The SMILES string of the molecule is CC1CCC(N)CC1C(=O)N1CCCC(C)(O)C1. The first-order valence-electron chi connectivity index (χ1n) is 7.16. The average molecular weight is 254 g/mol. The standard InChI is InChI=1S/C14H26N2O2/c1-10-4-5-11(15)8-12(10)13(17)16-7-3-6-14(2,18)9-16/h10-12,18H,3-9,15H2,1-2H3. The van der Waals surface area contributed by atoms with Gasteiger partial charge in [0.2, 0.25) is 5.91 Å². The van der Waals surface area contributed by atoms with Crippen molar-refractivity contribution in [2.75, 3.05) is 13.1 Å². The number of carbonyl (C=O) groups is 1. The Morgan fingerprint density at radius 1 is 1.44 bits per heavy atom. The maximum absolute atomic E-state index is 12.6. The molecule has 4 heteroatoms. The van der Waals surface area contributed by atoms with Crippen molar-refractivity contribution in [2.24, 2.45) is 17.6 Å². The number of amides is 1. The van der Waals surface area contributed by atoms with Crippen molar-refractivity contribution >= 4 is 5.91 Å². The summed E-state index contributed by atoms with van der Waals surface area (Å²) < 4.78 is 0. The number of β-amino-alcohol motifs (C(OH)–C–C–N with tert-alkyl or cyclic N) is 1. The minimum Gasteiger partial charge on any atom is -0.388 e. The number of likely N-dealkylation sites (tertiary alicyclic amines) is 1. The summed E-state index contributed by atoms with van der Waals surface area (Å²) in [4.78, 5) is 14.4. The number of piperidine rings is 1. The third-order valence-corrected chi connectivity index (χ3v) is 4.54. The molecule has 4 unspecified atom stereocenters. The number of nitrogens with two attached hydrogens (primary N) is 1. The molecular weight excluding hydrogens is 228 g/mol. The molecule has 0 aromatic carbocycles. The first-order chi connectivity index (χ1) is 8.39. The van der Waals surface area contributed by atoms with Crippen LogP contribution < -0.4 is 5.73 Å². The van der Waals surface area contributed by atoms with Crippen molar-refractivity contribution < 1.29 is 9.90 Å². The molecule has 4 atom stereocenters. The van der Waals surface area contributed by atoms with Crippen molar-refractivity contribution in [1.82, 2.24) is 4.90 Å². The van der Waals surface area contributed by atoms with Crippen LogP contribution in [0.15, 0.2) is 0 Å². The first-order valence-corrected chi connectivity index (χ1v) is 7.16. The molecule has 0 aromatic heterocycles. The highest BCUT2D eigenvalue weighted by molar-refractivity contribution is 5.79. The second-order valence-electron chi connectivity index (χ2n) is 6.52. The quantitative estimate of drug-likeness (QED) is 0.737. The van der Waals surface area contributed by atoms with Crippen molar-refractivity contribution in [3.05, 3.63) is 0 Å². The van der Waals surface area contributed by atoms with Gasteiger partial charge in [0.25, 0.3) is 0 Å². The van der Waals surface area contributed by atoms with E-state index in [0.29, 0.717) is 12.5 Å². The predicted octanol–water partition coefficient (Wildman–Crippen LogP) is 1.12. The molecule has 2 rings (SSSR count). The van der Waals surface area contributed by atoms with Gasteiger partial charge in [0.05, 0.1) is 5.60 Å². The summed E-state index contributed by atoms with van der Waals surface area (Å²) in [6.45, 7) is 5.23. The molecule has 2 fully saturated rings. The highest BCUT2D eigenvalue weighted by atomic mass is 16.3. The topological polar surface area (TPSA) is 66.6 Å². The molecule has 2 aliphatic rings. The highest BCUT2D eigenvalue weighted by Gasteiger charge is 2.37. The zero-order chi connectivity index (χ0) is 13.3. The summed E-state index contributed by atoms with van der Waals surface area (Å²) in [5.74, 6) is 0.685. The van der Waals surface area contributed by atoms with Gasteiger partial charge in [0.1, 0.15) is 0 Å². The molecule has 1 amide bonds. The summed E-state index contributed by atoms with van der Waals surface area (Å²) in [5.41, 5.74) is 5.27. The largest absolute Gasteiger partial charge is 0.388 e. The minimum absolute atomic E-state index is 0.0580. The fourth-order valence-electron chi connectivity index (χ4n) is 3.34. The van der Waals surface area contributed by atoms with Gasteiger partial charge >= 0.3 is 0 Å². The number of hydrogen-bond donors (Lipinski definition) is 2. The lowest BCUT2D eigenvalue weighted by atomic mass is 9.77. The molecule has 18 heavy (non-hydrogen) atoms.